The molecule has 1 aliphatic rings. The number of hydrogen-bond acceptors (Lipinski definition) is 5. The molecule has 2 amide bonds. The minimum absolute atomic E-state index is 0.125. The molecule has 0 spiro atoms. The number of amides is 2. The van der Waals surface area contributed by atoms with E-state index in [0.29, 0.717) is 25.3 Å². The molecule has 1 fully saturated rings. The van der Waals surface area contributed by atoms with Crippen LogP contribution < -0.4 is 10.2 Å². The van der Waals surface area contributed by atoms with Gasteiger partial charge in [-0.1, -0.05) is 24.3 Å². The largest absolute Gasteiger partial charge is 0.368 e. The summed E-state index contributed by atoms with van der Waals surface area (Å²) in [5, 5.41) is 2.86. The van der Waals surface area contributed by atoms with E-state index in [1.165, 1.54) is 5.69 Å². The van der Waals surface area contributed by atoms with Gasteiger partial charge in [-0.15, -0.1) is 0 Å². The third-order valence-electron chi connectivity index (χ3n) is 4.96. The van der Waals surface area contributed by atoms with Crippen LogP contribution >= 0.6 is 0 Å². The van der Waals surface area contributed by atoms with Gasteiger partial charge in [0.25, 0.3) is 11.8 Å². The molecule has 7 nitrogen and oxygen atoms in total. The van der Waals surface area contributed by atoms with Gasteiger partial charge in [-0.25, -0.2) is 4.98 Å². The van der Waals surface area contributed by atoms with Gasteiger partial charge >= 0.3 is 0 Å². The van der Waals surface area contributed by atoms with Crippen LogP contribution in [-0.2, 0) is 0 Å². The van der Waals surface area contributed by atoms with E-state index in [1.54, 1.807) is 23.1 Å². The van der Waals surface area contributed by atoms with E-state index in [1.807, 2.05) is 32.3 Å². The van der Waals surface area contributed by atoms with E-state index in [-0.39, 0.29) is 17.5 Å². The van der Waals surface area contributed by atoms with Crippen molar-refractivity contribution in [2.24, 2.45) is 0 Å². The smallest absolute Gasteiger partial charge is 0.272 e. The molecule has 7 heteroatoms. The summed E-state index contributed by atoms with van der Waals surface area (Å²) in [7, 11) is 4.00. The van der Waals surface area contributed by atoms with Crippen LogP contribution in [0.3, 0.4) is 0 Å². The molecular formula is C22H29N5O2. The van der Waals surface area contributed by atoms with Crippen LogP contribution in [0.15, 0.2) is 48.5 Å². The Morgan fingerprint density at radius 3 is 2.34 bits per heavy atom. The Hall–Kier alpha value is -2.93. The maximum Gasteiger partial charge on any atom is 0.272 e. The van der Waals surface area contributed by atoms with Crippen molar-refractivity contribution >= 4 is 17.5 Å². The molecule has 1 saturated heterocycles. The van der Waals surface area contributed by atoms with Crippen LogP contribution in [0.25, 0.3) is 0 Å². The molecule has 0 atom stereocenters. The molecule has 29 heavy (non-hydrogen) atoms. The summed E-state index contributed by atoms with van der Waals surface area (Å²) in [6.45, 7) is 4.32. The fourth-order valence-electron chi connectivity index (χ4n) is 3.34. The molecule has 0 aliphatic carbocycles. The Morgan fingerprint density at radius 1 is 0.966 bits per heavy atom. The number of nitrogens with one attached hydrogen (secondary N) is 1. The lowest BCUT2D eigenvalue weighted by atomic mass is 10.2. The van der Waals surface area contributed by atoms with Crippen molar-refractivity contribution in [3.8, 4) is 0 Å². The number of nitrogens with zero attached hydrogens (tertiary/aromatic N) is 4. The second kappa shape index (κ2) is 10.0. The van der Waals surface area contributed by atoms with Gasteiger partial charge in [0.1, 0.15) is 11.4 Å². The highest BCUT2D eigenvalue weighted by molar-refractivity contribution is 5.96. The first-order valence-corrected chi connectivity index (χ1v) is 10.0. The maximum absolute atomic E-state index is 12.9. The number of carbonyl (C=O) groups is 2. The maximum atomic E-state index is 12.9. The minimum Gasteiger partial charge on any atom is -0.368 e. The summed E-state index contributed by atoms with van der Waals surface area (Å²) in [6.07, 6.45) is 0.864. The van der Waals surface area contributed by atoms with Gasteiger partial charge in [0.2, 0.25) is 0 Å². The van der Waals surface area contributed by atoms with Gasteiger partial charge in [0, 0.05) is 38.4 Å². The van der Waals surface area contributed by atoms with Crippen molar-refractivity contribution in [1.29, 1.82) is 0 Å². The van der Waals surface area contributed by atoms with Crippen LogP contribution in [0.1, 0.15) is 27.4 Å². The number of hydrogen-bond donors (Lipinski definition) is 1. The molecule has 1 aromatic heterocycles. The summed E-state index contributed by atoms with van der Waals surface area (Å²) in [5.74, 6) is -0.368. The molecule has 154 valence electrons. The molecule has 1 aromatic carbocycles. The first kappa shape index (κ1) is 20.8. The van der Waals surface area contributed by atoms with Gasteiger partial charge in [-0.3, -0.25) is 9.59 Å². The van der Waals surface area contributed by atoms with Crippen molar-refractivity contribution in [3.05, 3.63) is 59.9 Å². The van der Waals surface area contributed by atoms with Crippen molar-refractivity contribution in [2.45, 2.75) is 6.42 Å². The fourth-order valence-corrected chi connectivity index (χ4v) is 3.34. The molecule has 2 heterocycles. The van der Waals surface area contributed by atoms with E-state index >= 15 is 0 Å². The second-order valence-electron chi connectivity index (χ2n) is 7.44. The number of pyridine rings is 1. The summed E-state index contributed by atoms with van der Waals surface area (Å²) in [6, 6.07) is 15.2. The third-order valence-corrected chi connectivity index (χ3v) is 4.96. The molecule has 1 aliphatic heterocycles. The highest BCUT2D eigenvalue weighted by atomic mass is 16.2. The predicted octanol–water partition coefficient (Wildman–Crippen LogP) is 1.73. The lowest BCUT2D eigenvalue weighted by molar-refractivity contribution is 0.0740. The Balaban J connectivity index is 1.55. The number of anilines is 1. The zero-order chi connectivity index (χ0) is 20.6. The number of rotatable bonds is 7. The zero-order valence-electron chi connectivity index (χ0n) is 17.2. The Bertz CT molecular complexity index is 817. The van der Waals surface area contributed by atoms with E-state index < -0.39 is 0 Å². The topological polar surface area (TPSA) is 68.8 Å². The number of piperazine rings is 1. The van der Waals surface area contributed by atoms with Crippen LogP contribution in [0.5, 0.6) is 0 Å². The quantitative estimate of drug-likeness (QED) is 0.723. The van der Waals surface area contributed by atoms with Crippen LogP contribution in [0.4, 0.5) is 5.69 Å². The molecule has 2 aromatic rings. The highest BCUT2D eigenvalue weighted by Crippen LogP contribution is 2.16. The molecule has 0 bridgehead atoms. The summed E-state index contributed by atoms with van der Waals surface area (Å²) >= 11 is 0. The molecule has 3 rings (SSSR count). The van der Waals surface area contributed by atoms with Gasteiger partial charge in [-0.05, 0) is 51.3 Å². The fraction of sp³-hybridized carbons (Fsp3) is 0.409. The average Bonchev–Trinajstić information content (AvgIpc) is 2.77. The normalized spacial score (nSPS) is 14.2. The van der Waals surface area contributed by atoms with Crippen molar-refractivity contribution in [1.82, 2.24) is 20.1 Å². The minimum atomic E-state index is -0.243. The Kier molecular flexibility index (Phi) is 7.19. The Labute approximate surface area is 172 Å². The van der Waals surface area contributed by atoms with E-state index in [0.717, 1.165) is 26.1 Å². The van der Waals surface area contributed by atoms with Gasteiger partial charge < -0.3 is 20.0 Å². The highest BCUT2D eigenvalue weighted by Gasteiger charge is 2.23. The number of aromatic nitrogens is 1. The standard InChI is InChI=1S/C22H29N5O2/c1-25(2)13-7-12-23-21(28)19-10-6-11-20(24-19)22(29)27-16-14-26(15-17-27)18-8-4-3-5-9-18/h3-6,8-11H,7,12-17H2,1-2H3,(H,23,28). The van der Waals surface area contributed by atoms with Gasteiger partial charge in [0.15, 0.2) is 0 Å². The van der Waals surface area contributed by atoms with Crippen LogP contribution in [-0.4, -0.2) is 80.0 Å². The summed E-state index contributed by atoms with van der Waals surface area (Å²) in [5.41, 5.74) is 1.77. The number of carbonyl (C=O) groups excluding carboxylic acids is 2. The van der Waals surface area contributed by atoms with E-state index in [9.17, 15) is 9.59 Å². The molecular weight excluding hydrogens is 366 g/mol. The number of benzene rings is 1. The monoisotopic (exact) mass is 395 g/mol. The molecule has 1 N–H and O–H groups in total. The van der Waals surface area contributed by atoms with Crippen LogP contribution in [0.2, 0.25) is 0 Å². The number of para-hydroxylation sites is 1. The Morgan fingerprint density at radius 2 is 1.66 bits per heavy atom. The van der Waals surface area contributed by atoms with Crippen LogP contribution in [0, 0.1) is 0 Å². The summed E-state index contributed by atoms with van der Waals surface area (Å²) < 4.78 is 0. The van der Waals surface area contributed by atoms with Crippen molar-refractivity contribution in [3.63, 3.8) is 0 Å². The van der Waals surface area contributed by atoms with E-state index in [4.69, 9.17) is 0 Å². The summed E-state index contributed by atoms with van der Waals surface area (Å²) in [4.78, 5) is 35.6. The first-order valence-electron chi connectivity index (χ1n) is 10.0. The zero-order valence-corrected chi connectivity index (χ0v) is 17.2. The second-order valence-corrected chi connectivity index (χ2v) is 7.44. The first-order chi connectivity index (χ1) is 14.0. The predicted molar refractivity (Wildman–Crippen MR) is 114 cm³/mol. The SMILES string of the molecule is CN(C)CCCNC(=O)c1cccc(C(=O)N2CCN(c3ccccc3)CC2)n1. The lowest BCUT2D eigenvalue weighted by Crippen LogP contribution is -2.49. The van der Waals surface area contributed by atoms with Crippen molar-refractivity contribution in [2.75, 3.05) is 58.3 Å². The van der Waals surface area contributed by atoms with E-state index in [2.05, 4.69) is 32.2 Å². The van der Waals surface area contributed by atoms with Gasteiger partial charge in [0.05, 0.1) is 0 Å². The average molecular weight is 396 g/mol. The molecule has 0 saturated carbocycles. The molecule has 0 unspecified atom stereocenters. The lowest BCUT2D eigenvalue weighted by Gasteiger charge is -2.36. The van der Waals surface area contributed by atoms with Crippen molar-refractivity contribution < 1.29 is 9.59 Å². The third kappa shape index (κ3) is 5.77. The molecule has 0 radical (unpaired) electrons. The van der Waals surface area contributed by atoms with Gasteiger partial charge in [-0.2, -0.15) is 0 Å².